The number of aromatic hydroxyl groups is 1. The normalized spacial score (nSPS) is 15.2. The van der Waals surface area contributed by atoms with Gasteiger partial charge < -0.3 is 15.9 Å². The first-order valence-corrected chi connectivity index (χ1v) is 4.59. The van der Waals surface area contributed by atoms with Crippen molar-refractivity contribution >= 4 is 0 Å². The SMILES string of the molecule is Cc1cc(O)cc(C)c1[C@](C)(N)CO. The number of phenols is 1. The van der Waals surface area contributed by atoms with Gasteiger partial charge in [-0.2, -0.15) is 0 Å². The van der Waals surface area contributed by atoms with Crippen molar-refractivity contribution in [3.8, 4) is 5.75 Å². The fraction of sp³-hybridized carbons (Fsp3) is 0.455. The molecular weight excluding hydrogens is 178 g/mol. The van der Waals surface area contributed by atoms with Crippen molar-refractivity contribution in [2.24, 2.45) is 5.73 Å². The Morgan fingerprint density at radius 2 is 1.71 bits per heavy atom. The van der Waals surface area contributed by atoms with Crippen LogP contribution >= 0.6 is 0 Å². The lowest BCUT2D eigenvalue weighted by atomic mass is 9.86. The van der Waals surface area contributed by atoms with Crippen molar-refractivity contribution in [1.82, 2.24) is 0 Å². The lowest BCUT2D eigenvalue weighted by Crippen LogP contribution is -2.38. The molecule has 0 spiro atoms. The van der Waals surface area contributed by atoms with Crippen LogP contribution in [0.4, 0.5) is 0 Å². The first-order valence-electron chi connectivity index (χ1n) is 4.59. The summed E-state index contributed by atoms with van der Waals surface area (Å²) in [5.41, 5.74) is 7.92. The predicted molar refractivity (Wildman–Crippen MR) is 56.2 cm³/mol. The minimum Gasteiger partial charge on any atom is -0.508 e. The lowest BCUT2D eigenvalue weighted by molar-refractivity contribution is 0.209. The molecule has 0 saturated heterocycles. The quantitative estimate of drug-likeness (QED) is 0.663. The largest absolute Gasteiger partial charge is 0.508 e. The molecule has 1 aromatic carbocycles. The summed E-state index contributed by atoms with van der Waals surface area (Å²) < 4.78 is 0. The maximum absolute atomic E-state index is 9.35. The summed E-state index contributed by atoms with van der Waals surface area (Å²) in [6, 6.07) is 3.31. The average molecular weight is 195 g/mol. The third kappa shape index (κ3) is 1.89. The Labute approximate surface area is 84.2 Å². The van der Waals surface area contributed by atoms with E-state index < -0.39 is 5.54 Å². The minimum atomic E-state index is -0.748. The maximum atomic E-state index is 9.35. The third-order valence-electron chi connectivity index (χ3n) is 2.42. The van der Waals surface area contributed by atoms with E-state index in [9.17, 15) is 10.2 Å². The van der Waals surface area contributed by atoms with Crippen molar-refractivity contribution < 1.29 is 10.2 Å². The third-order valence-corrected chi connectivity index (χ3v) is 2.42. The van der Waals surface area contributed by atoms with E-state index in [1.807, 2.05) is 13.8 Å². The van der Waals surface area contributed by atoms with Gasteiger partial charge in [-0.3, -0.25) is 0 Å². The van der Waals surface area contributed by atoms with Crippen LogP contribution in [-0.4, -0.2) is 16.8 Å². The summed E-state index contributed by atoms with van der Waals surface area (Å²) in [6.45, 7) is 5.42. The molecule has 0 amide bonds. The Hall–Kier alpha value is -1.06. The fourth-order valence-electron chi connectivity index (χ4n) is 1.92. The predicted octanol–water partition coefficient (Wildman–Crippen LogP) is 1.18. The second-order valence-electron chi connectivity index (χ2n) is 4.03. The second kappa shape index (κ2) is 3.59. The van der Waals surface area contributed by atoms with Crippen LogP contribution in [0.25, 0.3) is 0 Å². The highest BCUT2D eigenvalue weighted by molar-refractivity contribution is 5.44. The molecule has 0 aromatic heterocycles. The molecular formula is C11H17NO2. The van der Waals surface area contributed by atoms with E-state index in [2.05, 4.69) is 0 Å². The van der Waals surface area contributed by atoms with E-state index in [1.165, 1.54) is 0 Å². The Morgan fingerprint density at radius 1 is 1.29 bits per heavy atom. The van der Waals surface area contributed by atoms with E-state index >= 15 is 0 Å². The Kier molecular flexibility index (Phi) is 2.83. The molecule has 0 bridgehead atoms. The Bertz CT molecular complexity index is 322. The van der Waals surface area contributed by atoms with Crippen LogP contribution in [0.15, 0.2) is 12.1 Å². The summed E-state index contributed by atoms with van der Waals surface area (Å²) in [5.74, 6) is 0.234. The van der Waals surface area contributed by atoms with Crippen LogP contribution in [0.3, 0.4) is 0 Å². The van der Waals surface area contributed by atoms with Crippen molar-refractivity contribution in [2.75, 3.05) is 6.61 Å². The van der Waals surface area contributed by atoms with Gasteiger partial charge in [-0.25, -0.2) is 0 Å². The first kappa shape index (κ1) is 11.0. The van der Waals surface area contributed by atoms with Gasteiger partial charge in [-0.1, -0.05) is 0 Å². The summed E-state index contributed by atoms with van der Waals surface area (Å²) in [7, 11) is 0. The molecule has 0 saturated carbocycles. The van der Waals surface area contributed by atoms with Gasteiger partial charge in [0.05, 0.1) is 12.1 Å². The average Bonchev–Trinajstić information content (AvgIpc) is 2.01. The number of hydrogen-bond donors (Lipinski definition) is 3. The highest BCUT2D eigenvalue weighted by Crippen LogP contribution is 2.28. The van der Waals surface area contributed by atoms with Crippen molar-refractivity contribution in [1.29, 1.82) is 0 Å². The number of nitrogens with two attached hydrogens (primary N) is 1. The molecule has 4 N–H and O–H groups in total. The molecule has 0 aliphatic carbocycles. The van der Waals surface area contributed by atoms with Gasteiger partial charge in [-0.15, -0.1) is 0 Å². The highest BCUT2D eigenvalue weighted by Gasteiger charge is 2.24. The number of rotatable bonds is 2. The number of aliphatic hydroxyl groups is 1. The van der Waals surface area contributed by atoms with E-state index in [0.717, 1.165) is 16.7 Å². The number of phenolic OH excluding ortho intramolecular Hbond substituents is 1. The summed E-state index contributed by atoms with van der Waals surface area (Å²) in [6.07, 6.45) is 0. The van der Waals surface area contributed by atoms with Crippen LogP contribution in [0, 0.1) is 13.8 Å². The molecule has 0 aliphatic rings. The molecule has 0 fully saturated rings. The molecule has 0 aliphatic heterocycles. The standard InChI is InChI=1S/C11H17NO2/c1-7-4-9(14)5-8(2)10(7)11(3,12)6-13/h4-5,13-14H,6,12H2,1-3H3/t11-/m1/s1. The zero-order chi connectivity index (χ0) is 10.9. The summed E-state index contributed by atoms with van der Waals surface area (Å²) in [5, 5.41) is 18.5. The Balaban J connectivity index is 3.35. The molecule has 14 heavy (non-hydrogen) atoms. The zero-order valence-electron chi connectivity index (χ0n) is 8.83. The van der Waals surface area contributed by atoms with Gasteiger partial charge in [0.2, 0.25) is 0 Å². The van der Waals surface area contributed by atoms with Crippen molar-refractivity contribution in [2.45, 2.75) is 26.3 Å². The highest BCUT2D eigenvalue weighted by atomic mass is 16.3. The number of aliphatic hydroxyl groups excluding tert-OH is 1. The van der Waals surface area contributed by atoms with Crippen LogP contribution < -0.4 is 5.73 Å². The molecule has 1 aromatic rings. The molecule has 78 valence electrons. The van der Waals surface area contributed by atoms with Crippen LogP contribution in [0.2, 0.25) is 0 Å². The van der Waals surface area contributed by atoms with E-state index in [-0.39, 0.29) is 12.4 Å². The molecule has 3 nitrogen and oxygen atoms in total. The molecule has 3 heteroatoms. The number of aryl methyl sites for hydroxylation is 2. The second-order valence-corrected chi connectivity index (χ2v) is 4.03. The fourth-order valence-corrected chi connectivity index (χ4v) is 1.92. The molecule has 1 atom stereocenters. The van der Waals surface area contributed by atoms with Gasteiger partial charge in [0.1, 0.15) is 5.75 Å². The minimum absolute atomic E-state index is 0.112. The van der Waals surface area contributed by atoms with Gasteiger partial charge in [-0.05, 0) is 49.6 Å². The van der Waals surface area contributed by atoms with E-state index in [1.54, 1.807) is 19.1 Å². The van der Waals surface area contributed by atoms with Gasteiger partial charge in [0.15, 0.2) is 0 Å². The molecule has 0 radical (unpaired) electrons. The van der Waals surface area contributed by atoms with Crippen LogP contribution in [-0.2, 0) is 5.54 Å². The first-order chi connectivity index (χ1) is 6.38. The number of hydrogen-bond acceptors (Lipinski definition) is 3. The van der Waals surface area contributed by atoms with E-state index in [4.69, 9.17) is 5.73 Å². The van der Waals surface area contributed by atoms with E-state index in [0.29, 0.717) is 0 Å². The van der Waals surface area contributed by atoms with Gasteiger partial charge in [0.25, 0.3) is 0 Å². The topological polar surface area (TPSA) is 66.5 Å². The molecule has 0 unspecified atom stereocenters. The lowest BCUT2D eigenvalue weighted by Gasteiger charge is -2.26. The van der Waals surface area contributed by atoms with Crippen LogP contribution in [0.5, 0.6) is 5.75 Å². The van der Waals surface area contributed by atoms with Gasteiger partial charge >= 0.3 is 0 Å². The van der Waals surface area contributed by atoms with Crippen LogP contribution in [0.1, 0.15) is 23.6 Å². The van der Waals surface area contributed by atoms with Gasteiger partial charge in [0, 0.05) is 0 Å². The molecule has 1 rings (SSSR count). The smallest absolute Gasteiger partial charge is 0.116 e. The zero-order valence-corrected chi connectivity index (χ0v) is 8.83. The summed E-state index contributed by atoms with van der Waals surface area (Å²) in [4.78, 5) is 0. The Morgan fingerprint density at radius 3 is 2.07 bits per heavy atom. The summed E-state index contributed by atoms with van der Waals surface area (Å²) >= 11 is 0. The maximum Gasteiger partial charge on any atom is 0.116 e. The molecule has 0 heterocycles. The van der Waals surface area contributed by atoms with Crippen molar-refractivity contribution in [3.63, 3.8) is 0 Å². The van der Waals surface area contributed by atoms with Crippen molar-refractivity contribution in [3.05, 3.63) is 28.8 Å². The number of benzene rings is 1. The monoisotopic (exact) mass is 195 g/mol.